The van der Waals surface area contributed by atoms with Crippen LogP contribution >= 0.6 is 0 Å². The first-order valence-electron chi connectivity index (χ1n) is 26.8. The molecule has 0 aromatic carbocycles. The first-order chi connectivity index (χ1) is 28.7. The van der Waals surface area contributed by atoms with Crippen LogP contribution in [0, 0.1) is 17.8 Å². The first-order valence-corrected chi connectivity index (χ1v) is 26.8. The molecule has 1 rings (SSSR count). The van der Waals surface area contributed by atoms with E-state index in [1.165, 1.54) is 193 Å². The fraction of sp³-hybridized carbons (Fsp3) is 0.964. The largest absolute Gasteiger partial charge is 0.396 e. The van der Waals surface area contributed by atoms with E-state index < -0.39 is 0 Å². The molecular weight excluding hydrogens is 725 g/mol. The van der Waals surface area contributed by atoms with Crippen molar-refractivity contribution in [1.29, 1.82) is 0 Å². The Balaban J connectivity index is -0.000000233. The third-order valence-electron chi connectivity index (χ3n) is 11.3. The standard InChI is InChI=1S/C23H44O.C12H26O.C9H18O.C5H12.C3H8O.C3H8/c1-4-6-8-10-12-14-16-22(21-18-19-21)20(3)23(24)17-15-13-11-9-7-5-2;1-4-6-7-8-9-10-11-12(5-2)13-3;1-2-3-4-5-6-7-8-9-10;1-3-5-4-2;1-2-3-4;1-3-2/h20-22H,4-19H2,1-3H3;12H,4-11H2,1-3H3;9H,2-8H2,1H3;3-5H2,1-2H3;4H,2-3H2,1H3;3H2,1-2H3. The van der Waals surface area contributed by atoms with Crippen molar-refractivity contribution in [2.75, 3.05) is 13.7 Å². The average molecular weight is 842 g/mol. The molecule has 4 heteroatoms. The quantitative estimate of drug-likeness (QED) is 0.0504. The van der Waals surface area contributed by atoms with E-state index in [0.717, 1.165) is 50.7 Å². The van der Waals surface area contributed by atoms with Crippen LogP contribution in [0.4, 0.5) is 0 Å². The number of aliphatic hydroxyl groups excluding tert-OH is 1. The summed E-state index contributed by atoms with van der Waals surface area (Å²) < 4.78 is 5.33. The summed E-state index contributed by atoms with van der Waals surface area (Å²) in [6.45, 7) is 24.4. The Morgan fingerprint density at radius 3 is 1.22 bits per heavy atom. The molecule has 0 bridgehead atoms. The van der Waals surface area contributed by atoms with Gasteiger partial charge in [-0.2, -0.15) is 0 Å². The minimum absolute atomic E-state index is 0.319. The van der Waals surface area contributed by atoms with Crippen LogP contribution in [0.3, 0.4) is 0 Å². The topological polar surface area (TPSA) is 63.6 Å². The van der Waals surface area contributed by atoms with Gasteiger partial charge in [-0.25, -0.2) is 0 Å². The van der Waals surface area contributed by atoms with Crippen LogP contribution in [0.1, 0.15) is 307 Å². The second-order valence-electron chi connectivity index (χ2n) is 17.7. The number of carbonyl (C=O) groups excluding carboxylic acids is 2. The van der Waals surface area contributed by atoms with Crippen LogP contribution in [-0.2, 0) is 14.3 Å². The second-order valence-corrected chi connectivity index (χ2v) is 17.7. The van der Waals surface area contributed by atoms with Gasteiger partial charge in [0.15, 0.2) is 0 Å². The number of ketones is 1. The lowest BCUT2D eigenvalue weighted by atomic mass is 9.81. The molecule has 360 valence electrons. The Morgan fingerprint density at radius 1 is 0.542 bits per heavy atom. The number of methoxy groups -OCH3 is 1. The monoisotopic (exact) mass is 841 g/mol. The predicted octanol–water partition coefficient (Wildman–Crippen LogP) is 18.8. The molecule has 0 amide bonds. The summed E-state index contributed by atoms with van der Waals surface area (Å²) in [5.41, 5.74) is 0. The van der Waals surface area contributed by atoms with Crippen LogP contribution in [0.5, 0.6) is 0 Å². The Morgan fingerprint density at radius 2 is 0.898 bits per heavy atom. The summed E-state index contributed by atoms with van der Waals surface area (Å²) >= 11 is 0. The minimum atomic E-state index is 0.319. The molecule has 1 saturated carbocycles. The maximum Gasteiger partial charge on any atom is 0.135 e. The van der Waals surface area contributed by atoms with E-state index in [-0.39, 0.29) is 0 Å². The Hall–Kier alpha value is -0.740. The average Bonchev–Trinajstić information content (AvgIpc) is 4.10. The van der Waals surface area contributed by atoms with Gasteiger partial charge in [0, 0.05) is 32.5 Å². The van der Waals surface area contributed by atoms with E-state index in [1.807, 2.05) is 14.0 Å². The molecular formula is C55H116O4. The molecule has 3 atom stereocenters. The van der Waals surface area contributed by atoms with Crippen molar-refractivity contribution >= 4 is 12.1 Å². The molecule has 1 aliphatic rings. The fourth-order valence-corrected chi connectivity index (χ4v) is 7.13. The summed E-state index contributed by atoms with van der Waals surface area (Å²) in [7, 11) is 1.82. The van der Waals surface area contributed by atoms with E-state index >= 15 is 0 Å². The molecule has 0 spiro atoms. The normalized spacial score (nSPS) is 13.0. The fourth-order valence-electron chi connectivity index (χ4n) is 7.13. The van der Waals surface area contributed by atoms with E-state index in [0.29, 0.717) is 30.3 Å². The lowest BCUT2D eigenvalue weighted by Gasteiger charge is -2.23. The van der Waals surface area contributed by atoms with Gasteiger partial charge in [-0.05, 0) is 63.2 Å². The predicted molar refractivity (Wildman–Crippen MR) is 268 cm³/mol. The third-order valence-corrected chi connectivity index (χ3v) is 11.3. The number of rotatable bonds is 36. The van der Waals surface area contributed by atoms with Gasteiger partial charge in [0.25, 0.3) is 0 Å². The summed E-state index contributed by atoms with van der Waals surface area (Å²) in [6.07, 6.45) is 47.7. The van der Waals surface area contributed by atoms with Crippen molar-refractivity contribution in [2.24, 2.45) is 17.8 Å². The van der Waals surface area contributed by atoms with Gasteiger partial charge < -0.3 is 14.6 Å². The Kier molecular flexibility index (Phi) is 72.9. The lowest BCUT2D eigenvalue weighted by molar-refractivity contribution is -0.124. The van der Waals surface area contributed by atoms with Gasteiger partial charge in [0.05, 0.1) is 6.10 Å². The highest BCUT2D eigenvalue weighted by Crippen LogP contribution is 2.43. The molecule has 0 aromatic rings. The zero-order chi connectivity index (χ0) is 45.5. The molecule has 0 radical (unpaired) electrons. The van der Waals surface area contributed by atoms with Crippen LogP contribution in [0.25, 0.3) is 0 Å². The van der Waals surface area contributed by atoms with Crippen LogP contribution < -0.4 is 0 Å². The van der Waals surface area contributed by atoms with Crippen LogP contribution in [0.2, 0.25) is 0 Å². The number of hydrogen-bond donors (Lipinski definition) is 1. The van der Waals surface area contributed by atoms with Gasteiger partial charge in [0.1, 0.15) is 12.1 Å². The number of unbranched alkanes of at least 4 members (excludes halogenated alkanes) is 23. The minimum Gasteiger partial charge on any atom is -0.396 e. The van der Waals surface area contributed by atoms with Gasteiger partial charge in [-0.15, -0.1) is 0 Å². The summed E-state index contributed by atoms with van der Waals surface area (Å²) in [6, 6.07) is 0. The number of Topliss-reactive ketones (excluding diaryl/α,β-unsaturated/α-hetero) is 1. The molecule has 1 N–H and O–H groups in total. The second kappa shape index (κ2) is 63.9. The highest BCUT2D eigenvalue weighted by atomic mass is 16.5. The number of aliphatic hydroxyl groups is 1. The van der Waals surface area contributed by atoms with Gasteiger partial charge >= 0.3 is 0 Å². The van der Waals surface area contributed by atoms with E-state index in [1.54, 1.807) is 0 Å². The Labute approximate surface area is 375 Å². The van der Waals surface area contributed by atoms with Crippen molar-refractivity contribution in [2.45, 2.75) is 313 Å². The zero-order valence-corrected chi connectivity index (χ0v) is 43.2. The molecule has 1 fully saturated rings. The first kappa shape index (κ1) is 67.3. The van der Waals surface area contributed by atoms with Crippen LogP contribution in [-0.4, -0.2) is 37.0 Å². The summed E-state index contributed by atoms with van der Waals surface area (Å²) in [5, 5.41) is 7.88. The molecule has 59 heavy (non-hydrogen) atoms. The molecule has 0 saturated heterocycles. The number of aldehydes is 1. The molecule has 4 nitrogen and oxygen atoms in total. The highest BCUT2D eigenvalue weighted by molar-refractivity contribution is 5.81. The highest BCUT2D eigenvalue weighted by Gasteiger charge is 2.36. The van der Waals surface area contributed by atoms with Crippen molar-refractivity contribution in [3.8, 4) is 0 Å². The third kappa shape index (κ3) is 64.0. The van der Waals surface area contributed by atoms with Crippen molar-refractivity contribution in [3.63, 3.8) is 0 Å². The van der Waals surface area contributed by atoms with Crippen LogP contribution in [0.15, 0.2) is 0 Å². The van der Waals surface area contributed by atoms with Crippen molar-refractivity contribution < 1.29 is 19.4 Å². The maximum absolute atomic E-state index is 12.6. The van der Waals surface area contributed by atoms with E-state index in [4.69, 9.17) is 9.84 Å². The Bertz CT molecular complexity index is 697. The SMILES string of the molecule is CCC.CCCCC.CCCCCCCCC(=O)C(C)C(CCCCCCCC)C1CC1.CCCCCCCCC(CC)OC.CCCCCCCCC=O.CCCO. The van der Waals surface area contributed by atoms with E-state index in [2.05, 4.69) is 69.2 Å². The van der Waals surface area contributed by atoms with Gasteiger partial charge in [0.2, 0.25) is 0 Å². The molecule has 0 aromatic heterocycles. The number of carbonyl (C=O) groups is 2. The van der Waals surface area contributed by atoms with E-state index in [9.17, 15) is 9.59 Å². The van der Waals surface area contributed by atoms with Gasteiger partial charge in [-0.1, -0.05) is 243 Å². The van der Waals surface area contributed by atoms with Crippen molar-refractivity contribution in [1.82, 2.24) is 0 Å². The molecule has 0 aliphatic heterocycles. The maximum atomic E-state index is 12.6. The number of ether oxygens (including phenoxy) is 1. The molecule has 3 unspecified atom stereocenters. The smallest absolute Gasteiger partial charge is 0.135 e. The zero-order valence-electron chi connectivity index (χ0n) is 43.2. The van der Waals surface area contributed by atoms with Gasteiger partial charge in [-0.3, -0.25) is 4.79 Å². The van der Waals surface area contributed by atoms with Crippen molar-refractivity contribution in [3.05, 3.63) is 0 Å². The summed E-state index contributed by atoms with van der Waals surface area (Å²) in [4.78, 5) is 22.5. The number of hydrogen-bond acceptors (Lipinski definition) is 4. The molecule has 0 heterocycles. The lowest BCUT2D eigenvalue weighted by Crippen LogP contribution is -2.22. The molecule has 1 aliphatic carbocycles. The summed E-state index contributed by atoms with van der Waals surface area (Å²) in [5.74, 6) is 2.46.